The van der Waals surface area contributed by atoms with E-state index in [2.05, 4.69) is 24.9 Å². The minimum absolute atomic E-state index is 0.0324. The van der Waals surface area contributed by atoms with Gasteiger partial charge in [-0.1, -0.05) is 5.16 Å². The van der Waals surface area contributed by atoms with Gasteiger partial charge in [0.2, 0.25) is 5.88 Å². The third-order valence-corrected chi connectivity index (χ3v) is 5.56. The van der Waals surface area contributed by atoms with E-state index in [1.165, 1.54) is 6.33 Å². The molecule has 0 saturated carbocycles. The summed E-state index contributed by atoms with van der Waals surface area (Å²) in [6.45, 7) is 3.12. The van der Waals surface area contributed by atoms with Crippen LogP contribution in [0.4, 0.5) is 5.69 Å². The van der Waals surface area contributed by atoms with Gasteiger partial charge in [-0.15, -0.1) is 0 Å². The van der Waals surface area contributed by atoms with Gasteiger partial charge >= 0.3 is 0 Å². The van der Waals surface area contributed by atoms with Crippen molar-refractivity contribution in [1.82, 2.24) is 24.9 Å². The first-order valence-electron chi connectivity index (χ1n) is 8.48. The summed E-state index contributed by atoms with van der Waals surface area (Å²) >= 11 is 0. The van der Waals surface area contributed by atoms with Gasteiger partial charge in [-0.2, -0.15) is 5.10 Å². The Hall–Kier alpha value is -3.73. The van der Waals surface area contributed by atoms with Crippen molar-refractivity contribution in [2.45, 2.75) is 18.7 Å². The normalized spacial score (nSPS) is 11.4. The number of rotatable bonds is 6. The zero-order valence-electron chi connectivity index (χ0n) is 15.5. The van der Waals surface area contributed by atoms with Gasteiger partial charge in [-0.3, -0.25) is 4.72 Å². The van der Waals surface area contributed by atoms with E-state index in [0.717, 1.165) is 0 Å². The number of hydrogen-bond acceptors (Lipinski definition) is 8. The highest BCUT2D eigenvalue weighted by molar-refractivity contribution is 7.92. The molecule has 0 saturated heterocycles. The predicted molar refractivity (Wildman–Crippen MR) is 102 cm³/mol. The number of nitrogens with zero attached hydrogens (tertiary/aromatic N) is 5. The molecule has 0 aliphatic rings. The maximum atomic E-state index is 12.6. The van der Waals surface area contributed by atoms with E-state index < -0.39 is 10.0 Å². The molecule has 0 bridgehead atoms. The molecule has 0 spiro atoms. The second-order valence-electron chi connectivity index (χ2n) is 6.05. The number of aryl methyl sites for hydroxylation is 2. The largest absolute Gasteiger partial charge is 0.439 e. The van der Waals surface area contributed by atoms with Crippen LogP contribution in [0.5, 0.6) is 11.6 Å². The number of ether oxygens (including phenoxy) is 1. The third kappa shape index (κ3) is 3.94. The first-order valence-corrected chi connectivity index (χ1v) is 9.96. The first kappa shape index (κ1) is 18.6. The van der Waals surface area contributed by atoms with Gasteiger partial charge in [0.15, 0.2) is 16.5 Å². The molecule has 4 aromatic rings. The minimum Gasteiger partial charge on any atom is -0.439 e. The van der Waals surface area contributed by atoms with Crippen LogP contribution in [-0.2, 0) is 10.0 Å². The van der Waals surface area contributed by atoms with Crippen LogP contribution in [0.1, 0.15) is 11.5 Å². The van der Waals surface area contributed by atoms with E-state index in [9.17, 15) is 8.42 Å². The SMILES string of the molecule is Cc1noc(C)c1S(=O)(=O)Nc1ccc(Oc2cc(-n3cccn3)ncn2)cc1. The summed E-state index contributed by atoms with van der Waals surface area (Å²) in [6, 6.07) is 9.84. The van der Waals surface area contributed by atoms with Crippen LogP contribution in [0.2, 0.25) is 0 Å². The van der Waals surface area contributed by atoms with Crippen molar-refractivity contribution in [3.8, 4) is 17.4 Å². The molecule has 10 nitrogen and oxygen atoms in total. The fourth-order valence-electron chi connectivity index (χ4n) is 2.69. The molecule has 0 aliphatic carbocycles. The van der Waals surface area contributed by atoms with Gasteiger partial charge in [0, 0.05) is 24.1 Å². The van der Waals surface area contributed by atoms with Crippen LogP contribution < -0.4 is 9.46 Å². The molecule has 3 aromatic heterocycles. The molecule has 29 heavy (non-hydrogen) atoms. The van der Waals surface area contributed by atoms with E-state index >= 15 is 0 Å². The van der Waals surface area contributed by atoms with Gasteiger partial charge in [-0.25, -0.2) is 23.1 Å². The summed E-state index contributed by atoms with van der Waals surface area (Å²) in [5.41, 5.74) is 0.670. The lowest BCUT2D eigenvalue weighted by molar-refractivity contribution is 0.390. The second-order valence-corrected chi connectivity index (χ2v) is 7.67. The topological polar surface area (TPSA) is 125 Å². The van der Waals surface area contributed by atoms with Crippen molar-refractivity contribution < 1.29 is 17.7 Å². The molecule has 1 aromatic carbocycles. The van der Waals surface area contributed by atoms with Crippen LogP contribution in [0.3, 0.4) is 0 Å². The smallest absolute Gasteiger partial charge is 0.267 e. The fourth-order valence-corrected chi connectivity index (χ4v) is 4.08. The molecule has 0 atom stereocenters. The lowest BCUT2D eigenvalue weighted by atomic mass is 10.3. The summed E-state index contributed by atoms with van der Waals surface area (Å²) in [5, 5.41) is 7.79. The molecule has 0 fully saturated rings. The van der Waals surface area contributed by atoms with Gasteiger partial charge in [0.05, 0.1) is 0 Å². The maximum absolute atomic E-state index is 12.6. The number of hydrogen-bond donors (Lipinski definition) is 1. The zero-order valence-corrected chi connectivity index (χ0v) is 16.3. The number of aromatic nitrogens is 5. The second kappa shape index (κ2) is 7.36. The number of anilines is 1. The van der Waals surface area contributed by atoms with Crippen molar-refractivity contribution in [1.29, 1.82) is 0 Å². The lowest BCUT2D eigenvalue weighted by Crippen LogP contribution is -2.14. The van der Waals surface area contributed by atoms with Crippen molar-refractivity contribution in [2.75, 3.05) is 4.72 Å². The molecule has 0 unspecified atom stereocenters. The molecule has 11 heteroatoms. The highest BCUT2D eigenvalue weighted by atomic mass is 32.2. The van der Waals surface area contributed by atoms with Crippen molar-refractivity contribution in [3.05, 3.63) is 66.6 Å². The van der Waals surface area contributed by atoms with Crippen LogP contribution in [0, 0.1) is 13.8 Å². The van der Waals surface area contributed by atoms with E-state index in [1.807, 2.05) is 0 Å². The van der Waals surface area contributed by atoms with Gasteiger partial charge in [0.25, 0.3) is 10.0 Å². The Bertz CT molecular complexity index is 1210. The van der Waals surface area contributed by atoms with Crippen LogP contribution in [-0.4, -0.2) is 33.3 Å². The van der Waals surface area contributed by atoms with E-state index in [1.54, 1.807) is 67.3 Å². The maximum Gasteiger partial charge on any atom is 0.267 e. The third-order valence-electron chi connectivity index (χ3n) is 3.93. The van der Waals surface area contributed by atoms with Crippen molar-refractivity contribution in [2.24, 2.45) is 0 Å². The Balaban J connectivity index is 1.50. The number of benzene rings is 1. The Morgan fingerprint density at radius 3 is 2.59 bits per heavy atom. The minimum atomic E-state index is -3.81. The Labute approximate surface area is 166 Å². The summed E-state index contributed by atoms with van der Waals surface area (Å²) < 4.78 is 39.9. The standard InChI is InChI=1S/C18H16N6O4S/c1-12-18(13(2)28-22-12)29(25,26)23-14-4-6-15(7-5-14)27-17-10-16(19-11-20-17)24-9-3-8-21-24/h3-11,23H,1-2H3. The fraction of sp³-hybridized carbons (Fsp3) is 0.111. The Morgan fingerprint density at radius 2 is 1.93 bits per heavy atom. The molecule has 0 radical (unpaired) electrons. The molecule has 1 N–H and O–H groups in total. The van der Waals surface area contributed by atoms with Crippen LogP contribution in [0.15, 0.2) is 64.5 Å². The molecule has 0 aliphatic heterocycles. The summed E-state index contributed by atoms with van der Waals surface area (Å²) in [6.07, 6.45) is 4.77. The summed E-state index contributed by atoms with van der Waals surface area (Å²) in [4.78, 5) is 8.24. The van der Waals surface area contributed by atoms with Crippen molar-refractivity contribution in [3.63, 3.8) is 0 Å². The van der Waals surface area contributed by atoms with Crippen LogP contribution >= 0.6 is 0 Å². The highest BCUT2D eigenvalue weighted by Gasteiger charge is 2.24. The summed E-state index contributed by atoms with van der Waals surface area (Å²) in [5.74, 6) is 1.60. The predicted octanol–water partition coefficient (Wildman–Crippen LogP) is 2.86. The quantitative estimate of drug-likeness (QED) is 0.512. The van der Waals surface area contributed by atoms with Gasteiger partial charge in [-0.05, 0) is 44.2 Å². The Morgan fingerprint density at radius 1 is 1.14 bits per heavy atom. The van der Waals surface area contributed by atoms with E-state index in [-0.39, 0.29) is 10.7 Å². The molecule has 148 valence electrons. The average molecular weight is 412 g/mol. The molecule has 3 heterocycles. The van der Waals surface area contributed by atoms with Gasteiger partial charge < -0.3 is 9.26 Å². The number of nitrogens with one attached hydrogen (secondary N) is 1. The van der Waals surface area contributed by atoms with E-state index in [0.29, 0.717) is 28.8 Å². The van der Waals surface area contributed by atoms with Crippen molar-refractivity contribution >= 4 is 15.7 Å². The number of sulfonamides is 1. The Kier molecular flexibility index (Phi) is 4.72. The first-order chi connectivity index (χ1) is 13.9. The zero-order chi connectivity index (χ0) is 20.4. The van der Waals surface area contributed by atoms with Gasteiger partial charge in [0.1, 0.15) is 17.8 Å². The molecular weight excluding hydrogens is 396 g/mol. The highest BCUT2D eigenvalue weighted by Crippen LogP contribution is 2.25. The monoisotopic (exact) mass is 412 g/mol. The molecular formula is C18H16N6O4S. The van der Waals surface area contributed by atoms with E-state index in [4.69, 9.17) is 9.26 Å². The molecule has 4 rings (SSSR count). The van der Waals surface area contributed by atoms with Crippen LogP contribution in [0.25, 0.3) is 5.82 Å². The molecule has 0 amide bonds. The average Bonchev–Trinajstić information content (AvgIpc) is 3.34. The lowest BCUT2D eigenvalue weighted by Gasteiger charge is -2.09. The summed E-state index contributed by atoms with van der Waals surface area (Å²) in [7, 11) is -3.81.